The molecular formula is C17H20N2O3. The highest BCUT2D eigenvalue weighted by Crippen LogP contribution is 2.23. The molecule has 0 aliphatic carbocycles. The number of amides is 1. The third kappa shape index (κ3) is 3.97. The first-order chi connectivity index (χ1) is 10.6. The third-order valence-corrected chi connectivity index (χ3v) is 3.55. The molecule has 0 radical (unpaired) electrons. The molecule has 0 spiro atoms. The second-order valence-electron chi connectivity index (χ2n) is 4.93. The third-order valence-electron chi connectivity index (χ3n) is 3.55. The van der Waals surface area contributed by atoms with Gasteiger partial charge in [0.1, 0.15) is 11.5 Å². The molecule has 1 aromatic heterocycles. The van der Waals surface area contributed by atoms with Crippen LogP contribution in [0.4, 0.5) is 0 Å². The Labute approximate surface area is 130 Å². The highest BCUT2D eigenvalue weighted by Gasteiger charge is 2.18. The van der Waals surface area contributed by atoms with Crippen LogP contribution in [0.3, 0.4) is 0 Å². The first-order valence-corrected chi connectivity index (χ1v) is 7.04. The summed E-state index contributed by atoms with van der Waals surface area (Å²) in [6, 6.07) is 11.2. The van der Waals surface area contributed by atoms with Gasteiger partial charge >= 0.3 is 0 Å². The summed E-state index contributed by atoms with van der Waals surface area (Å²) in [4.78, 5) is 17.8. The molecular weight excluding hydrogens is 280 g/mol. The average molecular weight is 300 g/mol. The van der Waals surface area contributed by atoms with Gasteiger partial charge in [0.2, 0.25) is 0 Å². The van der Waals surface area contributed by atoms with Crippen molar-refractivity contribution in [1.29, 1.82) is 0 Å². The van der Waals surface area contributed by atoms with Gasteiger partial charge in [-0.3, -0.25) is 9.78 Å². The minimum atomic E-state index is -0.0980. The van der Waals surface area contributed by atoms with Crippen molar-refractivity contribution < 1.29 is 14.3 Å². The van der Waals surface area contributed by atoms with E-state index >= 15 is 0 Å². The fraction of sp³-hybridized carbons (Fsp3) is 0.294. The molecule has 1 atom stereocenters. The summed E-state index contributed by atoms with van der Waals surface area (Å²) < 4.78 is 10.7. The van der Waals surface area contributed by atoms with E-state index in [9.17, 15) is 4.79 Å². The number of carbonyl (C=O) groups excluding carboxylic acids is 1. The Hall–Kier alpha value is -2.56. The van der Waals surface area contributed by atoms with E-state index in [2.05, 4.69) is 4.98 Å². The van der Waals surface area contributed by atoms with Crippen LogP contribution in [0, 0.1) is 0 Å². The highest BCUT2D eigenvalue weighted by atomic mass is 16.5. The van der Waals surface area contributed by atoms with E-state index in [4.69, 9.17) is 9.47 Å². The number of carbonyl (C=O) groups is 1. The summed E-state index contributed by atoms with van der Waals surface area (Å²) in [5.74, 6) is 1.26. The van der Waals surface area contributed by atoms with E-state index in [1.807, 2.05) is 31.2 Å². The number of benzene rings is 1. The van der Waals surface area contributed by atoms with Crippen LogP contribution in [-0.2, 0) is 4.79 Å². The molecule has 1 unspecified atom stereocenters. The highest BCUT2D eigenvalue weighted by molar-refractivity contribution is 5.78. The summed E-state index contributed by atoms with van der Waals surface area (Å²) in [5, 5.41) is 0. The van der Waals surface area contributed by atoms with E-state index in [-0.39, 0.29) is 18.6 Å². The van der Waals surface area contributed by atoms with Crippen LogP contribution in [0.1, 0.15) is 18.5 Å². The minimum Gasteiger partial charge on any atom is -0.497 e. The number of ether oxygens (including phenoxy) is 2. The Morgan fingerprint density at radius 1 is 1.27 bits per heavy atom. The van der Waals surface area contributed by atoms with Gasteiger partial charge in [-0.1, -0.05) is 12.1 Å². The molecule has 0 bridgehead atoms. The van der Waals surface area contributed by atoms with E-state index in [1.165, 1.54) is 0 Å². The molecule has 116 valence electrons. The summed E-state index contributed by atoms with van der Waals surface area (Å²) in [6.07, 6.45) is 3.24. The topological polar surface area (TPSA) is 51.7 Å². The average Bonchev–Trinajstić information content (AvgIpc) is 2.59. The van der Waals surface area contributed by atoms with Gasteiger partial charge in [-0.2, -0.15) is 0 Å². The largest absolute Gasteiger partial charge is 0.497 e. The number of hydrogen-bond donors (Lipinski definition) is 0. The van der Waals surface area contributed by atoms with Gasteiger partial charge < -0.3 is 14.4 Å². The van der Waals surface area contributed by atoms with E-state index in [0.717, 1.165) is 11.3 Å². The minimum absolute atomic E-state index is 0.0174. The number of methoxy groups -OCH3 is 1. The summed E-state index contributed by atoms with van der Waals surface area (Å²) in [6.45, 7) is 1.95. The quantitative estimate of drug-likeness (QED) is 0.823. The summed E-state index contributed by atoms with van der Waals surface area (Å²) >= 11 is 0. The number of pyridine rings is 1. The lowest BCUT2D eigenvalue weighted by Crippen LogP contribution is -2.33. The van der Waals surface area contributed by atoms with Crippen LogP contribution in [0.5, 0.6) is 11.5 Å². The van der Waals surface area contributed by atoms with Crippen LogP contribution < -0.4 is 9.47 Å². The molecule has 5 nitrogen and oxygen atoms in total. The maximum absolute atomic E-state index is 12.2. The van der Waals surface area contributed by atoms with Crippen LogP contribution in [0.25, 0.3) is 0 Å². The van der Waals surface area contributed by atoms with Gasteiger partial charge in [0, 0.05) is 13.2 Å². The lowest BCUT2D eigenvalue weighted by atomic mass is 10.1. The van der Waals surface area contributed by atoms with Crippen LogP contribution in [0.15, 0.2) is 48.8 Å². The Morgan fingerprint density at radius 3 is 2.73 bits per heavy atom. The van der Waals surface area contributed by atoms with Gasteiger partial charge in [0.05, 0.1) is 19.3 Å². The summed E-state index contributed by atoms with van der Waals surface area (Å²) in [5.41, 5.74) is 1.01. The van der Waals surface area contributed by atoms with Crippen molar-refractivity contribution in [3.05, 3.63) is 54.4 Å². The first kappa shape index (κ1) is 15.8. The molecule has 0 saturated carbocycles. The maximum Gasteiger partial charge on any atom is 0.260 e. The molecule has 22 heavy (non-hydrogen) atoms. The number of rotatable bonds is 6. The molecule has 0 N–H and O–H groups in total. The van der Waals surface area contributed by atoms with Crippen molar-refractivity contribution >= 4 is 5.91 Å². The van der Waals surface area contributed by atoms with E-state index in [0.29, 0.717) is 5.75 Å². The molecule has 1 aromatic carbocycles. The maximum atomic E-state index is 12.2. The van der Waals surface area contributed by atoms with Gasteiger partial charge in [0.25, 0.3) is 5.91 Å². The van der Waals surface area contributed by atoms with Gasteiger partial charge in [-0.15, -0.1) is 0 Å². The van der Waals surface area contributed by atoms with E-state index < -0.39 is 0 Å². The lowest BCUT2D eigenvalue weighted by molar-refractivity contribution is -0.134. The van der Waals surface area contributed by atoms with Crippen molar-refractivity contribution in [2.75, 3.05) is 20.8 Å². The van der Waals surface area contributed by atoms with Gasteiger partial charge in [-0.25, -0.2) is 0 Å². The van der Waals surface area contributed by atoms with Crippen LogP contribution >= 0.6 is 0 Å². The van der Waals surface area contributed by atoms with Gasteiger partial charge in [0.15, 0.2) is 6.61 Å². The fourth-order valence-electron chi connectivity index (χ4n) is 2.02. The molecule has 2 rings (SSSR count). The molecule has 0 aliphatic rings. The van der Waals surface area contributed by atoms with Crippen molar-refractivity contribution in [2.24, 2.45) is 0 Å². The molecule has 0 aliphatic heterocycles. The lowest BCUT2D eigenvalue weighted by Gasteiger charge is -2.25. The zero-order chi connectivity index (χ0) is 15.9. The number of likely N-dealkylation sites (N-methyl/N-ethyl adjacent to an activating group) is 1. The fourth-order valence-corrected chi connectivity index (χ4v) is 2.02. The smallest absolute Gasteiger partial charge is 0.260 e. The second kappa shape index (κ2) is 7.45. The number of hydrogen-bond acceptors (Lipinski definition) is 4. The predicted octanol–water partition coefficient (Wildman–Crippen LogP) is 2.69. The van der Waals surface area contributed by atoms with Crippen molar-refractivity contribution in [2.45, 2.75) is 13.0 Å². The van der Waals surface area contributed by atoms with Crippen molar-refractivity contribution in [3.63, 3.8) is 0 Å². The monoisotopic (exact) mass is 300 g/mol. The second-order valence-corrected chi connectivity index (χ2v) is 4.93. The first-order valence-electron chi connectivity index (χ1n) is 7.04. The number of nitrogens with zero attached hydrogens (tertiary/aromatic N) is 2. The van der Waals surface area contributed by atoms with Crippen LogP contribution in [0.2, 0.25) is 0 Å². The molecule has 2 aromatic rings. The normalized spacial score (nSPS) is 11.6. The Kier molecular flexibility index (Phi) is 5.36. The Balaban J connectivity index is 1.97. The van der Waals surface area contributed by atoms with Gasteiger partial charge in [-0.05, 0) is 36.8 Å². The SMILES string of the molecule is COc1cccc(C(C)N(C)C(=O)COc2cccnc2)c1. The molecule has 5 heteroatoms. The molecule has 1 amide bonds. The Morgan fingerprint density at radius 2 is 2.05 bits per heavy atom. The Bertz CT molecular complexity index is 616. The summed E-state index contributed by atoms with van der Waals surface area (Å²) in [7, 11) is 3.39. The van der Waals surface area contributed by atoms with Crippen molar-refractivity contribution in [1.82, 2.24) is 9.88 Å². The molecule has 1 heterocycles. The zero-order valence-electron chi connectivity index (χ0n) is 13.0. The molecule has 0 fully saturated rings. The van der Waals surface area contributed by atoms with E-state index in [1.54, 1.807) is 43.6 Å². The van der Waals surface area contributed by atoms with Crippen molar-refractivity contribution in [3.8, 4) is 11.5 Å². The molecule has 0 saturated heterocycles. The number of aromatic nitrogens is 1. The van der Waals surface area contributed by atoms with Crippen LogP contribution in [-0.4, -0.2) is 36.6 Å². The predicted molar refractivity (Wildman–Crippen MR) is 83.9 cm³/mol. The standard InChI is InChI=1S/C17H20N2O3/c1-13(14-6-4-7-15(10-14)21-3)19(2)17(20)12-22-16-8-5-9-18-11-16/h4-11,13H,12H2,1-3H3. The zero-order valence-corrected chi connectivity index (χ0v) is 13.0.